The molecule has 0 radical (unpaired) electrons. The summed E-state index contributed by atoms with van der Waals surface area (Å²) in [4.78, 5) is 17.6. The number of pyridine rings is 1. The van der Waals surface area contributed by atoms with Crippen LogP contribution in [0.3, 0.4) is 0 Å². The fraction of sp³-hybridized carbons (Fsp3) is 0.429. The van der Waals surface area contributed by atoms with Crippen molar-refractivity contribution in [1.82, 2.24) is 15.2 Å². The highest BCUT2D eigenvalue weighted by Gasteiger charge is 2.27. The quantitative estimate of drug-likeness (QED) is 0.423. The first kappa shape index (κ1) is 20.8. The summed E-state index contributed by atoms with van der Waals surface area (Å²) in [6.45, 7) is 2.49. The molecular formula is C21H27F2N5O. The maximum Gasteiger partial charge on any atom is 0.250 e. The Morgan fingerprint density at radius 3 is 2.69 bits per heavy atom. The molecule has 1 fully saturated rings. The maximum atomic E-state index is 14.0. The molecule has 8 heteroatoms. The summed E-state index contributed by atoms with van der Waals surface area (Å²) in [5, 5.41) is 6.58. The zero-order chi connectivity index (χ0) is 20.6. The number of nitrogens with one attached hydrogen (secondary N) is 2. The third-order valence-corrected chi connectivity index (χ3v) is 5.02. The maximum absolute atomic E-state index is 14.0. The van der Waals surface area contributed by atoms with Crippen molar-refractivity contribution in [1.29, 1.82) is 0 Å². The molecule has 2 N–H and O–H groups in total. The Morgan fingerprint density at radius 1 is 1.17 bits per heavy atom. The molecule has 1 aromatic heterocycles. The minimum Gasteiger partial charge on any atom is -0.365 e. The van der Waals surface area contributed by atoms with Crippen molar-refractivity contribution in [3.8, 4) is 0 Å². The van der Waals surface area contributed by atoms with E-state index in [-0.39, 0.29) is 17.3 Å². The number of nitrogens with zero attached hydrogens (tertiary/aromatic N) is 3. The van der Waals surface area contributed by atoms with Crippen LogP contribution in [0, 0.1) is 11.6 Å². The van der Waals surface area contributed by atoms with Crippen LogP contribution in [0.25, 0.3) is 0 Å². The van der Waals surface area contributed by atoms with Crippen molar-refractivity contribution >= 4 is 11.6 Å². The fourth-order valence-corrected chi connectivity index (χ4v) is 3.52. The number of hydrogen-bond acceptors (Lipinski definition) is 3. The van der Waals surface area contributed by atoms with Crippen molar-refractivity contribution in [2.75, 3.05) is 31.6 Å². The molecule has 1 aliphatic rings. The number of anilines is 1. The predicted octanol–water partition coefficient (Wildman–Crippen LogP) is 2.35. The summed E-state index contributed by atoms with van der Waals surface area (Å²) in [5.74, 6) is -0.404. The van der Waals surface area contributed by atoms with Crippen LogP contribution in [0.1, 0.15) is 19.3 Å². The van der Waals surface area contributed by atoms with Gasteiger partial charge in [-0.1, -0.05) is 12.1 Å². The van der Waals surface area contributed by atoms with E-state index in [1.807, 2.05) is 6.07 Å². The minimum absolute atomic E-state index is 0.00927. The molecule has 3 rings (SSSR count). The van der Waals surface area contributed by atoms with Crippen LogP contribution in [0.4, 0.5) is 14.5 Å². The molecule has 2 heterocycles. The van der Waals surface area contributed by atoms with Gasteiger partial charge in [0.05, 0.1) is 0 Å². The van der Waals surface area contributed by atoms with Gasteiger partial charge in [-0.05, 0) is 37.5 Å². The van der Waals surface area contributed by atoms with Crippen molar-refractivity contribution in [2.45, 2.75) is 31.8 Å². The number of aryl methyl sites for hydroxylation is 1. The molecule has 2 aromatic rings. The molecule has 1 aromatic carbocycles. The van der Waals surface area contributed by atoms with E-state index in [1.54, 1.807) is 34.8 Å². The summed E-state index contributed by atoms with van der Waals surface area (Å²) in [5.41, 5.74) is 0.0471. The first-order valence-electron chi connectivity index (χ1n) is 9.90. The normalized spacial score (nSPS) is 16.9. The second-order valence-corrected chi connectivity index (χ2v) is 7.08. The Hall–Kier alpha value is -2.90. The van der Waals surface area contributed by atoms with Crippen LogP contribution < -0.4 is 21.1 Å². The molecule has 0 saturated carbocycles. The standard InChI is InChI=1S/C21H27F2N5O/c1-24-21(25-11-3-5-13-27-12-4-2-9-19(27)29)26-16-10-14-28(15-16)20-17(22)7-6-8-18(20)23/h2,4,6-9,12,16H,3,5,10-11,13-15H2,1H3,(H2,24,25,26). The summed E-state index contributed by atoms with van der Waals surface area (Å²) < 4.78 is 29.7. The smallest absolute Gasteiger partial charge is 0.250 e. The van der Waals surface area contributed by atoms with Gasteiger partial charge in [-0.3, -0.25) is 9.79 Å². The monoisotopic (exact) mass is 403 g/mol. The van der Waals surface area contributed by atoms with E-state index < -0.39 is 11.6 Å². The van der Waals surface area contributed by atoms with Gasteiger partial charge in [-0.25, -0.2) is 8.78 Å². The number of aliphatic imine (C=N–C) groups is 1. The predicted molar refractivity (Wildman–Crippen MR) is 111 cm³/mol. The van der Waals surface area contributed by atoms with Gasteiger partial charge in [0.25, 0.3) is 0 Å². The number of guanidine groups is 1. The molecule has 0 aliphatic carbocycles. The number of halogens is 2. The second kappa shape index (κ2) is 10.0. The topological polar surface area (TPSA) is 61.7 Å². The van der Waals surface area contributed by atoms with E-state index in [0.717, 1.165) is 25.8 Å². The van der Waals surface area contributed by atoms with Crippen molar-refractivity contribution in [3.05, 3.63) is 64.6 Å². The molecular weight excluding hydrogens is 376 g/mol. The Bertz CT molecular complexity index is 878. The zero-order valence-electron chi connectivity index (χ0n) is 16.6. The molecule has 1 saturated heterocycles. The highest BCUT2D eigenvalue weighted by atomic mass is 19.1. The molecule has 1 unspecified atom stereocenters. The van der Waals surface area contributed by atoms with Crippen LogP contribution in [0.15, 0.2) is 52.4 Å². The first-order chi connectivity index (χ1) is 14.1. The number of rotatable bonds is 7. The van der Waals surface area contributed by atoms with Crippen LogP contribution in [-0.2, 0) is 6.54 Å². The van der Waals surface area contributed by atoms with Gasteiger partial charge in [-0.15, -0.1) is 0 Å². The summed E-state index contributed by atoms with van der Waals surface area (Å²) in [6, 6.07) is 9.14. The van der Waals surface area contributed by atoms with Crippen LogP contribution in [-0.4, -0.2) is 43.3 Å². The van der Waals surface area contributed by atoms with Gasteiger partial charge < -0.3 is 20.1 Å². The SMILES string of the molecule is CN=C(NCCCCn1ccccc1=O)NC1CCN(c2c(F)cccc2F)C1. The van der Waals surface area contributed by atoms with E-state index in [4.69, 9.17) is 0 Å². The fourth-order valence-electron chi connectivity index (χ4n) is 3.52. The van der Waals surface area contributed by atoms with Crippen LogP contribution in [0.2, 0.25) is 0 Å². The van der Waals surface area contributed by atoms with E-state index in [1.165, 1.54) is 18.2 Å². The lowest BCUT2D eigenvalue weighted by molar-refractivity contribution is 0.574. The Balaban J connectivity index is 1.41. The Morgan fingerprint density at radius 2 is 1.97 bits per heavy atom. The molecule has 0 amide bonds. The highest BCUT2D eigenvalue weighted by molar-refractivity contribution is 5.80. The van der Waals surface area contributed by atoms with Gasteiger partial charge in [0, 0.05) is 51.5 Å². The van der Waals surface area contributed by atoms with E-state index >= 15 is 0 Å². The Kier molecular flexibility index (Phi) is 7.21. The van der Waals surface area contributed by atoms with Gasteiger partial charge in [0.15, 0.2) is 5.96 Å². The molecule has 1 atom stereocenters. The largest absolute Gasteiger partial charge is 0.365 e. The third-order valence-electron chi connectivity index (χ3n) is 5.02. The van der Waals surface area contributed by atoms with Crippen molar-refractivity contribution in [3.63, 3.8) is 0 Å². The van der Waals surface area contributed by atoms with Gasteiger partial charge in [-0.2, -0.15) is 0 Å². The molecule has 1 aliphatic heterocycles. The lowest BCUT2D eigenvalue weighted by Crippen LogP contribution is -2.45. The first-order valence-corrected chi connectivity index (χ1v) is 9.90. The summed E-state index contributed by atoms with van der Waals surface area (Å²) in [6.07, 6.45) is 4.32. The van der Waals surface area contributed by atoms with Crippen LogP contribution in [0.5, 0.6) is 0 Å². The summed E-state index contributed by atoms with van der Waals surface area (Å²) in [7, 11) is 1.70. The number of unbranched alkanes of at least 4 members (excludes halogenated alkanes) is 1. The molecule has 156 valence electrons. The van der Waals surface area contributed by atoms with Gasteiger partial charge in [0.2, 0.25) is 5.56 Å². The second-order valence-electron chi connectivity index (χ2n) is 7.08. The number of aromatic nitrogens is 1. The van der Waals surface area contributed by atoms with Crippen LogP contribution >= 0.6 is 0 Å². The number of benzene rings is 1. The zero-order valence-corrected chi connectivity index (χ0v) is 16.6. The average Bonchev–Trinajstić information content (AvgIpc) is 3.16. The van der Waals surface area contributed by atoms with E-state index in [2.05, 4.69) is 15.6 Å². The van der Waals surface area contributed by atoms with E-state index in [0.29, 0.717) is 25.6 Å². The summed E-state index contributed by atoms with van der Waals surface area (Å²) >= 11 is 0. The number of hydrogen-bond donors (Lipinski definition) is 2. The van der Waals surface area contributed by atoms with Crippen molar-refractivity contribution < 1.29 is 8.78 Å². The van der Waals surface area contributed by atoms with Crippen molar-refractivity contribution in [2.24, 2.45) is 4.99 Å². The molecule has 6 nitrogen and oxygen atoms in total. The van der Waals surface area contributed by atoms with Gasteiger partial charge >= 0.3 is 0 Å². The Labute approximate surface area is 169 Å². The lowest BCUT2D eigenvalue weighted by Gasteiger charge is -2.21. The van der Waals surface area contributed by atoms with E-state index in [9.17, 15) is 13.6 Å². The molecule has 0 spiro atoms. The molecule has 29 heavy (non-hydrogen) atoms. The molecule has 0 bridgehead atoms. The lowest BCUT2D eigenvalue weighted by atomic mass is 10.2. The third kappa shape index (κ3) is 5.56. The van der Waals surface area contributed by atoms with Gasteiger partial charge in [0.1, 0.15) is 17.3 Å². The minimum atomic E-state index is -0.536. The average molecular weight is 403 g/mol. The number of para-hydroxylation sites is 1. The highest BCUT2D eigenvalue weighted by Crippen LogP contribution is 2.26.